The van der Waals surface area contributed by atoms with Crippen LogP contribution in [0.15, 0.2) is 0 Å². The number of ether oxygens (including phenoxy) is 2. The third-order valence-electron chi connectivity index (χ3n) is 2.83. The molecule has 0 atom stereocenters. The molecule has 0 aliphatic carbocycles. The Labute approximate surface area is 103 Å². The van der Waals surface area contributed by atoms with Crippen molar-refractivity contribution < 1.29 is 14.3 Å². The van der Waals surface area contributed by atoms with E-state index in [2.05, 4.69) is 0 Å². The van der Waals surface area contributed by atoms with Gasteiger partial charge in [-0.25, -0.2) is 4.79 Å². The summed E-state index contributed by atoms with van der Waals surface area (Å²) in [7, 11) is 1.68. The molecule has 0 bridgehead atoms. The quantitative estimate of drug-likeness (QED) is 0.807. The van der Waals surface area contributed by atoms with E-state index in [0.29, 0.717) is 26.2 Å². The number of hydrogen-bond donors (Lipinski definition) is 1. The number of carbonyl (C=O) groups excluding carboxylic acids is 1. The van der Waals surface area contributed by atoms with E-state index in [1.54, 1.807) is 12.0 Å². The molecule has 1 amide bonds. The first-order valence-electron chi connectivity index (χ1n) is 5.99. The normalized spacial score (nSPS) is 18.8. The topological polar surface area (TPSA) is 64.8 Å². The lowest BCUT2D eigenvalue weighted by Crippen LogP contribution is -2.61. The summed E-state index contributed by atoms with van der Waals surface area (Å²) in [5, 5.41) is 0. The molecule has 1 heterocycles. The molecule has 2 N–H and O–H groups in total. The van der Waals surface area contributed by atoms with Crippen molar-refractivity contribution in [3.8, 4) is 0 Å². The van der Waals surface area contributed by atoms with Crippen LogP contribution in [-0.4, -0.2) is 49.9 Å². The molecule has 17 heavy (non-hydrogen) atoms. The number of likely N-dealkylation sites (tertiary alicyclic amines) is 1. The molecule has 100 valence electrons. The van der Waals surface area contributed by atoms with E-state index in [4.69, 9.17) is 15.2 Å². The van der Waals surface area contributed by atoms with E-state index in [0.717, 1.165) is 6.42 Å². The number of carbonyl (C=O) groups is 1. The molecule has 0 unspecified atom stereocenters. The van der Waals surface area contributed by atoms with Crippen LogP contribution in [0.2, 0.25) is 0 Å². The monoisotopic (exact) mass is 244 g/mol. The molecule has 1 aliphatic heterocycles. The zero-order chi connectivity index (χ0) is 13.1. The molecule has 5 nitrogen and oxygen atoms in total. The third kappa shape index (κ3) is 3.85. The maximum atomic E-state index is 11.8. The summed E-state index contributed by atoms with van der Waals surface area (Å²) in [4.78, 5) is 13.5. The summed E-state index contributed by atoms with van der Waals surface area (Å²) in [5.41, 5.74) is 5.18. The Bertz CT molecular complexity index is 259. The van der Waals surface area contributed by atoms with Crippen LogP contribution in [0.1, 0.15) is 27.2 Å². The average Bonchev–Trinajstić information content (AvgIpc) is 2.10. The predicted molar refractivity (Wildman–Crippen MR) is 65.8 cm³/mol. The van der Waals surface area contributed by atoms with E-state index in [-0.39, 0.29) is 11.5 Å². The number of nitrogens with zero attached hydrogens (tertiary/aromatic N) is 1. The highest BCUT2D eigenvalue weighted by Gasteiger charge is 2.45. The van der Waals surface area contributed by atoms with Gasteiger partial charge in [0.15, 0.2) is 0 Å². The van der Waals surface area contributed by atoms with Gasteiger partial charge in [0, 0.05) is 25.6 Å². The maximum Gasteiger partial charge on any atom is 0.410 e. The molecule has 0 saturated carbocycles. The Morgan fingerprint density at radius 1 is 1.41 bits per heavy atom. The molecule has 0 aromatic carbocycles. The van der Waals surface area contributed by atoms with Gasteiger partial charge in [0.2, 0.25) is 0 Å². The summed E-state index contributed by atoms with van der Waals surface area (Å²) in [5.74, 6) is 0. The molecular weight excluding hydrogens is 220 g/mol. The SMILES string of the molecule is COCC1(CCN)CN(C(=O)OC(C)(C)C)C1. The second-order valence-electron chi connectivity index (χ2n) is 5.81. The summed E-state index contributed by atoms with van der Waals surface area (Å²) in [6, 6.07) is 0. The fourth-order valence-corrected chi connectivity index (χ4v) is 2.15. The van der Waals surface area contributed by atoms with E-state index in [1.165, 1.54) is 0 Å². The van der Waals surface area contributed by atoms with E-state index in [1.807, 2.05) is 20.8 Å². The standard InChI is InChI=1S/C12H24N2O3/c1-11(2,3)17-10(15)14-7-12(8-14,5-6-13)9-16-4/h5-9,13H2,1-4H3. The zero-order valence-electron chi connectivity index (χ0n) is 11.3. The van der Waals surface area contributed by atoms with Crippen molar-refractivity contribution in [2.24, 2.45) is 11.1 Å². The molecule has 0 radical (unpaired) electrons. The van der Waals surface area contributed by atoms with Crippen molar-refractivity contribution >= 4 is 6.09 Å². The lowest BCUT2D eigenvalue weighted by Gasteiger charge is -2.49. The van der Waals surface area contributed by atoms with Gasteiger partial charge in [0.1, 0.15) is 5.60 Å². The smallest absolute Gasteiger partial charge is 0.410 e. The van der Waals surface area contributed by atoms with Crippen molar-refractivity contribution in [2.75, 3.05) is 33.4 Å². The maximum absolute atomic E-state index is 11.8. The Kier molecular flexibility index (Phi) is 4.38. The highest BCUT2D eigenvalue weighted by atomic mass is 16.6. The van der Waals surface area contributed by atoms with Gasteiger partial charge < -0.3 is 20.1 Å². The molecule has 1 aliphatic rings. The zero-order valence-corrected chi connectivity index (χ0v) is 11.3. The predicted octanol–water partition coefficient (Wildman–Crippen LogP) is 1.22. The van der Waals surface area contributed by atoms with E-state index in [9.17, 15) is 4.79 Å². The first-order valence-corrected chi connectivity index (χ1v) is 5.99. The minimum absolute atomic E-state index is 0.0282. The Hall–Kier alpha value is -0.810. The highest BCUT2D eigenvalue weighted by Crippen LogP contribution is 2.34. The van der Waals surface area contributed by atoms with Gasteiger partial charge >= 0.3 is 6.09 Å². The molecule has 0 aromatic rings. The van der Waals surface area contributed by atoms with E-state index < -0.39 is 5.60 Å². The first kappa shape index (κ1) is 14.3. The fourth-order valence-electron chi connectivity index (χ4n) is 2.15. The second kappa shape index (κ2) is 5.23. The lowest BCUT2D eigenvalue weighted by molar-refractivity contribution is -0.0665. The number of methoxy groups -OCH3 is 1. The van der Waals surface area contributed by atoms with Gasteiger partial charge in [-0.05, 0) is 33.7 Å². The van der Waals surface area contributed by atoms with Crippen LogP contribution in [0.5, 0.6) is 0 Å². The van der Waals surface area contributed by atoms with Crippen molar-refractivity contribution in [2.45, 2.75) is 32.8 Å². The van der Waals surface area contributed by atoms with Crippen LogP contribution in [0.4, 0.5) is 4.79 Å². The van der Waals surface area contributed by atoms with Crippen molar-refractivity contribution in [3.63, 3.8) is 0 Å². The van der Waals surface area contributed by atoms with Gasteiger partial charge in [-0.15, -0.1) is 0 Å². The fraction of sp³-hybridized carbons (Fsp3) is 0.917. The van der Waals surface area contributed by atoms with Crippen molar-refractivity contribution in [1.82, 2.24) is 4.90 Å². The van der Waals surface area contributed by atoms with Crippen LogP contribution in [0.3, 0.4) is 0 Å². The third-order valence-corrected chi connectivity index (χ3v) is 2.83. The largest absolute Gasteiger partial charge is 0.444 e. The van der Waals surface area contributed by atoms with Crippen LogP contribution in [-0.2, 0) is 9.47 Å². The molecule has 0 aromatic heterocycles. The van der Waals surface area contributed by atoms with Gasteiger partial charge in [-0.2, -0.15) is 0 Å². The van der Waals surface area contributed by atoms with Gasteiger partial charge in [-0.3, -0.25) is 0 Å². The molecule has 1 saturated heterocycles. The number of hydrogen-bond acceptors (Lipinski definition) is 4. The second-order valence-corrected chi connectivity index (χ2v) is 5.81. The highest BCUT2D eigenvalue weighted by molar-refractivity contribution is 5.69. The Morgan fingerprint density at radius 2 is 2.00 bits per heavy atom. The summed E-state index contributed by atoms with van der Waals surface area (Å²) >= 11 is 0. The molecule has 0 spiro atoms. The summed E-state index contributed by atoms with van der Waals surface area (Å²) in [6.45, 7) is 8.21. The van der Waals surface area contributed by atoms with Crippen LogP contribution < -0.4 is 5.73 Å². The lowest BCUT2D eigenvalue weighted by atomic mass is 9.78. The van der Waals surface area contributed by atoms with Crippen molar-refractivity contribution in [3.05, 3.63) is 0 Å². The number of amides is 1. The molecule has 5 heteroatoms. The first-order chi connectivity index (χ1) is 7.82. The van der Waals surface area contributed by atoms with Gasteiger partial charge in [0.25, 0.3) is 0 Å². The number of nitrogens with two attached hydrogens (primary N) is 1. The summed E-state index contributed by atoms with van der Waals surface area (Å²) < 4.78 is 10.5. The van der Waals surface area contributed by atoms with Gasteiger partial charge in [0.05, 0.1) is 6.61 Å². The van der Waals surface area contributed by atoms with Crippen LogP contribution in [0.25, 0.3) is 0 Å². The average molecular weight is 244 g/mol. The van der Waals surface area contributed by atoms with Crippen molar-refractivity contribution in [1.29, 1.82) is 0 Å². The van der Waals surface area contributed by atoms with Crippen LogP contribution in [0, 0.1) is 5.41 Å². The Balaban J connectivity index is 2.45. The molecular formula is C12H24N2O3. The van der Waals surface area contributed by atoms with Crippen LogP contribution >= 0.6 is 0 Å². The van der Waals surface area contributed by atoms with E-state index >= 15 is 0 Å². The van der Waals surface area contributed by atoms with Gasteiger partial charge in [-0.1, -0.05) is 0 Å². The minimum atomic E-state index is -0.440. The number of rotatable bonds is 4. The summed E-state index contributed by atoms with van der Waals surface area (Å²) in [6.07, 6.45) is 0.626. The minimum Gasteiger partial charge on any atom is -0.444 e. The molecule has 1 rings (SSSR count). The molecule has 1 fully saturated rings. The Morgan fingerprint density at radius 3 is 2.41 bits per heavy atom.